The Morgan fingerprint density at radius 1 is 1.03 bits per heavy atom. The second-order valence-electron chi connectivity index (χ2n) is 9.73. The number of ether oxygens (including phenoxy) is 1. The molecule has 0 atom stereocenters. The number of aliphatic imine (C=N–C) groups is 1. The number of methoxy groups -OCH3 is 1. The van der Waals surface area contributed by atoms with E-state index >= 15 is 0 Å². The minimum Gasteiger partial charge on any atom is -0.497 e. The molecule has 0 bridgehead atoms. The van der Waals surface area contributed by atoms with Crippen molar-refractivity contribution in [3.8, 4) is 5.75 Å². The number of hydrogen-bond donors (Lipinski definition) is 1. The normalized spacial score (nSPS) is 17.6. The fourth-order valence-electron chi connectivity index (χ4n) is 5.43. The number of hydrogen-bond acceptors (Lipinski definition) is 8. The van der Waals surface area contributed by atoms with Crippen LogP contribution in [0.15, 0.2) is 53.9 Å². The van der Waals surface area contributed by atoms with Crippen molar-refractivity contribution in [3.05, 3.63) is 65.9 Å². The molecule has 3 aromatic rings. The summed E-state index contributed by atoms with van der Waals surface area (Å²) >= 11 is 0. The van der Waals surface area contributed by atoms with Crippen LogP contribution in [0.1, 0.15) is 41.0 Å². The van der Waals surface area contributed by atoms with Crippen molar-refractivity contribution in [2.24, 2.45) is 4.99 Å². The predicted molar refractivity (Wildman–Crippen MR) is 144 cm³/mol. The van der Waals surface area contributed by atoms with Crippen LogP contribution in [0, 0.1) is 0 Å². The number of aromatic nitrogens is 3. The van der Waals surface area contributed by atoms with Gasteiger partial charge in [0.15, 0.2) is 0 Å². The monoisotopic (exact) mass is 511 g/mol. The Bertz CT molecular complexity index is 1420. The number of Topliss-reactive ketones (excluding diaryl/α,β-unsaturated/α-hetero) is 1. The van der Waals surface area contributed by atoms with Gasteiger partial charge in [0.25, 0.3) is 0 Å². The Labute approximate surface area is 220 Å². The summed E-state index contributed by atoms with van der Waals surface area (Å²) in [7, 11) is 1.65. The number of nitrogens with zero attached hydrogens (tertiary/aromatic N) is 6. The molecule has 10 nitrogen and oxygen atoms in total. The number of pyridine rings is 1. The van der Waals surface area contributed by atoms with Crippen LogP contribution in [0.25, 0.3) is 0 Å². The number of rotatable bonds is 5. The Balaban J connectivity index is 1.11. The van der Waals surface area contributed by atoms with Crippen LogP contribution in [0.3, 0.4) is 0 Å². The Morgan fingerprint density at radius 3 is 2.74 bits per heavy atom. The number of piperidine rings is 1. The van der Waals surface area contributed by atoms with Crippen LogP contribution in [-0.2, 0) is 12.8 Å². The molecule has 38 heavy (non-hydrogen) atoms. The molecule has 1 aromatic carbocycles. The second-order valence-corrected chi connectivity index (χ2v) is 9.73. The van der Waals surface area contributed by atoms with Crippen molar-refractivity contribution in [1.82, 2.24) is 19.9 Å². The number of carbonyl (C=O) groups is 2. The van der Waals surface area contributed by atoms with E-state index in [0.29, 0.717) is 30.8 Å². The quantitative estimate of drug-likeness (QED) is 0.518. The average molecular weight is 512 g/mol. The van der Waals surface area contributed by atoms with Gasteiger partial charge in [0.05, 0.1) is 24.2 Å². The maximum atomic E-state index is 13.2. The first kappa shape index (κ1) is 24.0. The summed E-state index contributed by atoms with van der Waals surface area (Å²) in [5.74, 6) is 1.34. The molecule has 2 amide bonds. The molecule has 1 fully saturated rings. The van der Waals surface area contributed by atoms with Gasteiger partial charge in [-0.3, -0.25) is 9.78 Å². The van der Waals surface area contributed by atoms with Crippen molar-refractivity contribution in [2.45, 2.75) is 38.1 Å². The van der Waals surface area contributed by atoms with Gasteiger partial charge in [-0.2, -0.15) is 0 Å². The number of fused-ring (bicyclic) bond motifs is 2. The van der Waals surface area contributed by atoms with Gasteiger partial charge < -0.3 is 19.9 Å². The Hall–Kier alpha value is -4.34. The molecule has 3 aliphatic rings. The molecule has 0 radical (unpaired) electrons. The van der Waals surface area contributed by atoms with Gasteiger partial charge in [-0.25, -0.2) is 19.8 Å². The van der Waals surface area contributed by atoms with Crippen molar-refractivity contribution in [3.63, 3.8) is 0 Å². The van der Waals surface area contributed by atoms with E-state index in [4.69, 9.17) is 4.74 Å². The van der Waals surface area contributed by atoms with E-state index in [9.17, 15) is 9.59 Å². The van der Waals surface area contributed by atoms with E-state index in [1.807, 2.05) is 35.2 Å². The summed E-state index contributed by atoms with van der Waals surface area (Å²) in [6, 6.07) is 11.3. The summed E-state index contributed by atoms with van der Waals surface area (Å²) in [4.78, 5) is 47.9. The SMILES string of the molecule is COc1ccc2c(c1)CCN(C1CCN(c3cc(C(=O)C4=Nc5cccnc5CC4)ncn3)CC1)C(=O)N2. The first-order chi connectivity index (χ1) is 18.6. The number of aryl methyl sites for hydroxylation is 1. The van der Waals surface area contributed by atoms with Crippen molar-refractivity contribution >= 4 is 34.7 Å². The van der Waals surface area contributed by atoms with Crippen molar-refractivity contribution in [1.29, 1.82) is 0 Å². The Kier molecular flexibility index (Phi) is 6.45. The molecule has 10 heteroatoms. The summed E-state index contributed by atoms with van der Waals surface area (Å²) < 4.78 is 5.34. The van der Waals surface area contributed by atoms with Crippen LogP contribution in [0.2, 0.25) is 0 Å². The number of urea groups is 1. The standard InChI is InChI=1S/C28H29N7O3/c1-38-20-4-5-21-18(15-20)8-14-35(28(37)33-21)19-9-12-34(13-10-19)26-16-25(30-17-31-26)27(36)24-7-6-22-23(32-24)3-2-11-29-22/h2-5,11,15-17,19H,6-10,12-14H2,1H3,(H,33,37). The number of carbonyl (C=O) groups excluding carboxylic acids is 2. The highest BCUT2D eigenvalue weighted by Crippen LogP contribution is 2.29. The van der Waals surface area contributed by atoms with Crippen LogP contribution < -0.4 is 15.0 Å². The minimum absolute atomic E-state index is 0.0627. The molecule has 0 spiro atoms. The summed E-state index contributed by atoms with van der Waals surface area (Å²) in [5.41, 5.74) is 4.44. The zero-order chi connectivity index (χ0) is 26.1. The first-order valence-electron chi connectivity index (χ1n) is 13.0. The summed E-state index contributed by atoms with van der Waals surface area (Å²) in [6.07, 6.45) is 6.83. The lowest BCUT2D eigenvalue weighted by Crippen LogP contribution is -2.49. The number of nitrogens with one attached hydrogen (secondary N) is 1. The molecule has 6 rings (SSSR count). The highest BCUT2D eigenvalue weighted by molar-refractivity contribution is 6.46. The van der Waals surface area contributed by atoms with Crippen LogP contribution in [0.5, 0.6) is 5.75 Å². The maximum absolute atomic E-state index is 13.2. The molecular formula is C28H29N7O3. The molecule has 194 valence electrons. The molecule has 5 heterocycles. The lowest BCUT2D eigenvalue weighted by molar-refractivity contribution is 0.105. The molecular weight excluding hydrogens is 482 g/mol. The molecule has 0 saturated carbocycles. The third kappa shape index (κ3) is 4.69. The van der Waals surface area contributed by atoms with Gasteiger partial charge in [-0.15, -0.1) is 0 Å². The predicted octanol–water partition coefficient (Wildman–Crippen LogP) is 3.84. The first-order valence-corrected chi connectivity index (χ1v) is 13.0. The number of benzene rings is 1. The topological polar surface area (TPSA) is 113 Å². The number of amides is 2. The fourth-order valence-corrected chi connectivity index (χ4v) is 5.43. The summed E-state index contributed by atoms with van der Waals surface area (Å²) in [5, 5.41) is 3.07. The lowest BCUT2D eigenvalue weighted by atomic mass is 10.0. The minimum atomic E-state index is -0.171. The number of anilines is 2. The smallest absolute Gasteiger partial charge is 0.322 e. The van der Waals surface area contributed by atoms with Crippen LogP contribution in [0.4, 0.5) is 22.0 Å². The fraction of sp³-hybridized carbons (Fsp3) is 0.357. The Morgan fingerprint density at radius 2 is 1.89 bits per heavy atom. The third-order valence-corrected chi connectivity index (χ3v) is 7.53. The largest absolute Gasteiger partial charge is 0.497 e. The highest BCUT2D eigenvalue weighted by atomic mass is 16.5. The highest BCUT2D eigenvalue weighted by Gasteiger charge is 2.31. The van der Waals surface area contributed by atoms with Gasteiger partial charge in [-0.05, 0) is 68.0 Å². The van der Waals surface area contributed by atoms with Crippen molar-refractivity contribution in [2.75, 3.05) is 37.0 Å². The maximum Gasteiger partial charge on any atom is 0.322 e. The van der Waals surface area contributed by atoms with Gasteiger partial charge in [-0.1, -0.05) is 0 Å². The van der Waals surface area contributed by atoms with E-state index in [1.165, 1.54) is 6.33 Å². The lowest BCUT2D eigenvalue weighted by Gasteiger charge is -2.38. The molecule has 1 saturated heterocycles. The van der Waals surface area contributed by atoms with Gasteiger partial charge in [0, 0.05) is 43.6 Å². The van der Waals surface area contributed by atoms with Gasteiger partial charge in [0.1, 0.15) is 23.6 Å². The van der Waals surface area contributed by atoms with Gasteiger partial charge >= 0.3 is 6.03 Å². The second kappa shape index (κ2) is 10.2. The van der Waals surface area contributed by atoms with Crippen LogP contribution in [-0.4, -0.2) is 70.2 Å². The zero-order valence-electron chi connectivity index (χ0n) is 21.3. The molecule has 3 aliphatic heterocycles. The van der Waals surface area contributed by atoms with E-state index in [0.717, 1.165) is 66.6 Å². The van der Waals surface area contributed by atoms with Crippen LogP contribution >= 0.6 is 0 Å². The van der Waals surface area contributed by atoms with E-state index < -0.39 is 0 Å². The van der Waals surface area contributed by atoms with E-state index in [-0.39, 0.29) is 17.9 Å². The number of ketones is 1. The molecule has 0 unspecified atom stereocenters. The third-order valence-electron chi connectivity index (χ3n) is 7.53. The molecule has 2 aromatic heterocycles. The summed E-state index contributed by atoms with van der Waals surface area (Å²) in [6.45, 7) is 2.13. The molecule has 1 N–H and O–H groups in total. The average Bonchev–Trinajstić information content (AvgIpc) is 3.14. The molecule has 0 aliphatic carbocycles. The van der Waals surface area contributed by atoms with Crippen molar-refractivity contribution < 1.29 is 14.3 Å². The van der Waals surface area contributed by atoms with Gasteiger partial charge in [0.2, 0.25) is 5.78 Å². The zero-order valence-corrected chi connectivity index (χ0v) is 21.3. The van der Waals surface area contributed by atoms with E-state index in [1.54, 1.807) is 19.4 Å². The van der Waals surface area contributed by atoms with E-state index in [2.05, 4.69) is 30.2 Å².